The molecule has 1 N–H and O–H groups in total. The zero-order valence-electron chi connectivity index (χ0n) is 16.7. The molecule has 1 heterocycles. The predicted octanol–water partition coefficient (Wildman–Crippen LogP) is 3.79. The molecule has 0 aromatic heterocycles. The van der Waals surface area contributed by atoms with Gasteiger partial charge in [-0.15, -0.1) is 0 Å². The van der Waals surface area contributed by atoms with E-state index in [1.807, 2.05) is 0 Å². The Labute approximate surface area is 185 Å². The van der Waals surface area contributed by atoms with E-state index in [2.05, 4.69) is 10.5 Å². The third kappa shape index (κ3) is 5.02. The largest absolute Gasteiger partial charge is 0.457 e. The van der Waals surface area contributed by atoms with E-state index in [0.29, 0.717) is 17.1 Å². The number of fused-ring (bicyclic) bond motifs is 1. The molecule has 166 valence electrons. The first-order valence-corrected chi connectivity index (χ1v) is 9.34. The molecule has 3 aromatic rings. The summed E-state index contributed by atoms with van der Waals surface area (Å²) in [5.41, 5.74) is 2.42. The zero-order chi connectivity index (χ0) is 23.4. The van der Waals surface area contributed by atoms with Crippen molar-refractivity contribution in [2.75, 3.05) is 6.79 Å². The number of hydrogen-bond acceptors (Lipinski definition) is 9. The molecule has 1 aliphatic rings. The van der Waals surface area contributed by atoms with Gasteiger partial charge in [0.1, 0.15) is 11.5 Å². The van der Waals surface area contributed by atoms with Crippen LogP contribution >= 0.6 is 0 Å². The summed E-state index contributed by atoms with van der Waals surface area (Å²) in [5.74, 6) is 0.893. The van der Waals surface area contributed by atoms with Gasteiger partial charge < -0.3 is 14.2 Å². The van der Waals surface area contributed by atoms with E-state index in [1.54, 1.807) is 18.2 Å². The molecule has 0 unspecified atom stereocenters. The van der Waals surface area contributed by atoms with Crippen molar-refractivity contribution >= 4 is 23.5 Å². The SMILES string of the molecule is O=C(N/N=C/c1ccc2c(c1)OCO2)c1ccc(Oc2cc([N+](=O)[O-])cc([N+](=O)[O-])c2)cc1. The molecule has 0 spiro atoms. The van der Waals surface area contributed by atoms with Crippen LogP contribution in [0.3, 0.4) is 0 Å². The molecule has 3 aromatic carbocycles. The third-order valence-electron chi connectivity index (χ3n) is 4.43. The molecule has 0 aliphatic carbocycles. The Balaban J connectivity index is 1.40. The minimum Gasteiger partial charge on any atom is -0.457 e. The number of hydrazone groups is 1. The minimum atomic E-state index is -0.753. The number of nitro groups is 2. The number of rotatable bonds is 7. The van der Waals surface area contributed by atoms with Gasteiger partial charge in [0.15, 0.2) is 11.5 Å². The van der Waals surface area contributed by atoms with Crippen LogP contribution in [0.25, 0.3) is 0 Å². The summed E-state index contributed by atoms with van der Waals surface area (Å²) in [6.07, 6.45) is 1.45. The Kier molecular flexibility index (Phi) is 5.80. The molecular formula is C21H14N4O8. The van der Waals surface area contributed by atoms with Gasteiger partial charge >= 0.3 is 0 Å². The maximum absolute atomic E-state index is 12.3. The predicted molar refractivity (Wildman–Crippen MR) is 114 cm³/mol. The second kappa shape index (κ2) is 9.01. The summed E-state index contributed by atoms with van der Waals surface area (Å²) in [4.78, 5) is 32.7. The molecule has 0 saturated heterocycles. The van der Waals surface area contributed by atoms with Gasteiger partial charge in [-0.25, -0.2) is 5.43 Å². The molecule has 0 bridgehead atoms. The van der Waals surface area contributed by atoms with Crippen LogP contribution in [0.2, 0.25) is 0 Å². The second-order valence-corrected chi connectivity index (χ2v) is 6.64. The number of nitro benzene ring substituents is 2. The van der Waals surface area contributed by atoms with Crippen molar-refractivity contribution in [1.29, 1.82) is 0 Å². The normalized spacial score (nSPS) is 11.9. The lowest BCUT2D eigenvalue weighted by Crippen LogP contribution is -2.17. The number of carbonyl (C=O) groups excluding carboxylic acids is 1. The highest BCUT2D eigenvalue weighted by molar-refractivity contribution is 5.95. The summed E-state index contributed by atoms with van der Waals surface area (Å²) in [6.45, 7) is 0.157. The summed E-state index contributed by atoms with van der Waals surface area (Å²) >= 11 is 0. The fourth-order valence-electron chi connectivity index (χ4n) is 2.87. The quantitative estimate of drug-likeness (QED) is 0.324. The van der Waals surface area contributed by atoms with Gasteiger partial charge in [-0.2, -0.15) is 5.10 Å². The Morgan fingerprint density at radius 3 is 2.24 bits per heavy atom. The highest BCUT2D eigenvalue weighted by atomic mass is 16.7. The molecule has 0 radical (unpaired) electrons. The Hall–Kier alpha value is -5.00. The van der Waals surface area contributed by atoms with E-state index in [4.69, 9.17) is 14.2 Å². The van der Waals surface area contributed by atoms with Gasteiger partial charge in [-0.05, 0) is 48.0 Å². The van der Waals surface area contributed by atoms with Gasteiger partial charge in [-0.3, -0.25) is 25.0 Å². The van der Waals surface area contributed by atoms with Crippen molar-refractivity contribution in [3.63, 3.8) is 0 Å². The fraction of sp³-hybridized carbons (Fsp3) is 0.0476. The van der Waals surface area contributed by atoms with Crippen LogP contribution in [0.5, 0.6) is 23.0 Å². The van der Waals surface area contributed by atoms with Crippen molar-refractivity contribution in [3.05, 3.63) is 92.0 Å². The molecule has 1 aliphatic heterocycles. The summed E-state index contributed by atoms with van der Waals surface area (Å²) in [7, 11) is 0. The van der Waals surface area contributed by atoms with E-state index in [1.165, 1.54) is 30.5 Å². The highest BCUT2D eigenvalue weighted by Gasteiger charge is 2.18. The van der Waals surface area contributed by atoms with Crippen LogP contribution in [-0.4, -0.2) is 28.8 Å². The molecular weight excluding hydrogens is 436 g/mol. The van der Waals surface area contributed by atoms with Crippen molar-refractivity contribution in [3.8, 4) is 23.0 Å². The third-order valence-corrected chi connectivity index (χ3v) is 4.43. The van der Waals surface area contributed by atoms with Crippen LogP contribution in [0.4, 0.5) is 11.4 Å². The molecule has 33 heavy (non-hydrogen) atoms. The van der Waals surface area contributed by atoms with Gasteiger partial charge in [0, 0.05) is 5.56 Å². The minimum absolute atomic E-state index is 0.0820. The number of nitrogens with one attached hydrogen (secondary N) is 1. The molecule has 4 rings (SSSR count). The molecule has 0 saturated carbocycles. The van der Waals surface area contributed by atoms with Gasteiger partial charge in [0.05, 0.1) is 34.3 Å². The summed E-state index contributed by atoms with van der Waals surface area (Å²) < 4.78 is 16.0. The Morgan fingerprint density at radius 1 is 0.909 bits per heavy atom. The first kappa shape index (κ1) is 21.2. The molecule has 1 amide bonds. The van der Waals surface area contributed by atoms with E-state index in [0.717, 1.165) is 18.2 Å². The van der Waals surface area contributed by atoms with E-state index >= 15 is 0 Å². The summed E-state index contributed by atoms with van der Waals surface area (Å²) in [6, 6.07) is 14.0. The number of non-ortho nitro benzene ring substituents is 2. The molecule has 0 atom stereocenters. The van der Waals surface area contributed by atoms with E-state index in [-0.39, 0.29) is 23.9 Å². The Morgan fingerprint density at radius 2 is 1.58 bits per heavy atom. The average Bonchev–Trinajstić information content (AvgIpc) is 3.27. The maximum Gasteiger partial charge on any atom is 0.280 e. The van der Waals surface area contributed by atoms with Crippen molar-refractivity contribution in [2.45, 2.75) is 0 Å². The van der Waals surface area contributed by atoms with Crippen LogP contribution in [0.15, 0.2) is 65.8 Å². The Bertz CT molecular complexity index is 1240. The van der Waals surface area contributed by atoms with Gasteiger partial charge in [-0.1, -0.05) is 0 Å². The van der Waals surface area contributed by atoms with Gasteiger partial charge in [0.2, 0.25) is 6.79 Å². The number of carbonyl (C=O) groups is 1. The number of ether oxygens (including phenoxy) is 3. The van der Waals surface area contributed by atoms with E-state index in [9.17, 15) is 25.0 Å². The zero-order valence-corrected chi connectivity index (χ0v) is 16.7. The second-order valence-electron chi connectivity index (χ2n) is 6.64. The van der Waals surface area contributed by atoms with Crippen LogP contribution < -0.4 is 19.6 Å². The number of benzene rings is 3. The lowest BCUT2D eigenvalue weighted by molar-refractivity contribution is -0.394. The molecule has 0 fully saturated rings. The summed E-state index contributed by atoms with van der Waals surface area (Å²) in [5, 5.41) is 25.9. The number of amides is 1. The van der Waals surface area contributed by atoms with Crippen LogP contribution in [0.1, 0.15) is 15.9 Å². The fourth-order valence-corrected chi connectivity index (χ4v) is 2.87. The average molecular weight is 450 g/mol. The van der Waals surface area contributed by atoms with E-state index < -0.39 is 27.1 Å². The smallest absolute Gasteiger partial charge is 0.280 e. The number of nitrogens with zero attached hydrogens (tertiary/aromatic N) is 3. The number of hydrogen-bond donors (Lipinski definition) is 1. The van der Waals surface area contributed by atoms with Crippen molar-refractivity contribution < 1.29 is 28.9 Å². The lowest BCUT2D eigenvalue weighted by atomic mass is 10.2. The van der Waals surface area contributed by atoms with Crippen molar-refractivity contribution in [2.24, 2.45) is 5.10 Å². The highest BCUT2D eigenvalue weighted by Crippen LogP contribution is 2.32. The first-order valence-electron chi connectivity index (χ1n) is 9.34. The standard InChI is InChI=1S/C21H14N4O8/c26-21(23-22-11-13-1-6-19-20(7-13)32-12-31-19)14-2-4-17(5-3-14)33-18-9-15(24(27)28)8-16(10-18)25(29)30/h1-11H,12H2,(H,23,26)/b22-11+. The maximum atomic E-state index is 12.3. The van der Waals surface area contributed by atoms with Gasteiger partial charge in [0.25, 0.3) is 17.3 Å². The van der Waals surface area contributed by atoms with Crippen LogP contribution in [-0.2, 0) is 0 Å². The lowest BCUT2D eigenvalue weighted by Gasteiger charge is -2.07. The van der Waals surface area contributed by atoms with Crippen molar-refractivity contribution in [1.82, 2.24) is 5.43 Å². The monoisotopic (exact) mass is 450 g/mol. The molecule has 12 nitrogen and oxygen atoms in total. The topological polar surface area (TPSA) is 155 Å². The molecule has 12 heteroatoms. The van der Waals surface area contributed by atoms with Crippen LogP contribution in [0, 0.1) is 20.2 Å². The first-order chi connectivity index (χ1) is 15.9.